The molecule has 1 aromatic heterocycles. The molecule has 0 aliphatic carbocycles. The maximum absolute atomic E-state index is 12.4. The third-order valence-electron chi connectivity index (χ3n) is 5.36. The van der Waals surface area contributed by atoms with Crippen LogP contribution < -0.4 is 4.90 Å². The molecule has 1 amide bonds. The summed E-state index contributed by atoms with van der Waals surface area (Å²) < 4.78 is 7.47. The van der Waals surface area contributed by atoms with E-state index in [9.17, 15) is 4.79 Å². The first-order valence-corrected chi connectivity index (χ1v) is 11.3. The van der Waals surface area contributed by atoms with Gasteiger partial charge in [0.1, 0.15) is 5.60 Å². The molecule has 6 nitrogen and oxygen atoms in total. The summed E-state index contributed by atoms with van der Waals surface area (Å²) in [5.74, 6) is 0. The molecule has 0 bridgehead atoms. The van der Waals surface area contributed by atoms with Gasteiger partial charge in [0.15, 0.2) is 0 Å². The Hall–Kier alpha value is -2.99. The Morgan fingerprint density at radius 2 is 1.78 bits per heavy atom. The van der Waals surface area contributed by atoms with Crippen LogP contribution in [-0.4, -0.2) is 52.6 Å². The second kappa shape index (κ2) is 9.25. The van der Waals surface area contributed by atoms with E-state index in [4.69, 9.17) is 21.4 Å². The van der Waals surface area contributed by atoms with Crippen LogP contribution in [0.4, 0.5) is 10.5 Å². The van der Waals surface area contributed by atoms with Crippen LogP contribution in [0.2, 0.25) is 5.02 Å². The fourth-order valence-corrected chi connectivity index (χ4v) is 4.03. The van der Waals surface area contributed by atoms with Gasteiger partial charge in [-0.3, -0.25) is 4.68 Å². The average molecular weight is 453 g/mol. The standard InChI is InChI=1S/C25H29ClN4O2/c1-25(2,3)32-24(31)29-15-13-28(14-16-29)23-10-5-4-7-20(23)18-30-12-11-22(27-30)19-8-6-9-21(26)17-19/h4-12,17H,13-16,18H2,1-3H3. The molecular weight excluding hydrogens is 424 g/mol. The number of anilines is 1. The zero-order valence-electron chi connectivity index (χ0n) is 18.8. The van der Waals surface area contributed by atoms with Gasteiger partial charge in [-0.15, -0.1) is 0 Å². The van der Waals surface area contributed by atoms with Crippen molar-refractivity contribution in [2.75, 3.05) is 31.1 Å². The summed E-state index contributed by atoms with van der Waals surface area (Å²) >= 11 is 6.13. The van der Waals surface area contributed by atoms with Crippen molar-refractivity contribution in [1.82, 2.24) is 14.7 Å². The lowest BCUT2D eigenvalue weighted by Crippen LogP contribution is -2.50. The maximum atomic E-state index is 12.4. The highest BCUT2D eigenvalue weighted by Gasteiger charge is 2.26. The Kier molecular flexibility index (Phi) is 6.42. The zero-order valence-corrected chi connectivity index (χ0v) is 19.5. The Morgan fingerprint density at radius 3 is 2.50 bits per heavy atom. The zero-order chi connectivity index (χ0) is 22.7. The van der Waals surface area contributed by atoms with E-state index in [2.05, 4.69) is 29.2 Å². The van der Waals surface area contributed by atoms with Crippen LogP contribution in [0.1, 0.15) is 26.3 Å². The molecule has 1 aliphatic rings. The van der Waals surface area contributed by atoms with Gasteiger partial charge in [-0.25, -0.2) is 4.79 Å². The fraction of sp³-hybridized carbons (Fsp3) is 0.360. The van der Waals surface area contributed by atoms with Crippen LogP contribution >= 0.6 is 11.6 Å². The lowest BCUT2D eigenvalue weighted by Gasteiger charge is -2.37. The van der Waals surface area contributed by atoms with Crippen molar-refractivity contribution in [2.24, 2.45) is 0 Å². The molecule has 2 heterocycles. The molecular formula is C25H29ClN4O2. The van der Waals surface area contributed by atoms with Gasteiger partial charge in [0.05, 0.1) is 12.2 Å². The number of hydrogen-bond acceptors (Lipinski definition) is 4. The average Bonchev–Trinajstić information content (AvgIpc) is 3.22. The van der Waals surface area contributed by atoms with E-state index < -0.39 is 5.60 Å². The van der Waals surface area contributed by atoms with Gasteiger partial charge in [0.25, 0.3) is 0 Å². The van der Waals surface area contributed by atoms with Crippen LogP contribution in [0.3, 0.4) is 0 Å². The number of aromatic nitrogens is 2. The number of halogens is 1. The van der Waals surface area contributed by atoms with Crippen molar-refractivity contribution in [3.8, 4) is 11.3 Å². The number of piperazine rings is 1. The predicted octanol–water partition coefficient (Wildman–Crippen LogP) is 5.31. The van der Waals surface area contributed by atoms with Gasteiger partial charge in [-0.2, -0.15) is 5.10 Å². The second-order valence-corrected chi connectivity index (χ2v) is 9.43. The number of ether oxygens (including phenoxy) is 1. The van der Waals surface area contributed by atoms with Crippen molar-refractivity contribution in [3.63, 3.8) is 0 Å². The van der Waals surface area contributed by atoms with E-state index in [0.29, 0.717) is 24.7 Å². The Morgan fingerprint density at radius 1 is 1.03 bits per heavy atom. The van der Waals surface area contributed by atoms with Crippen molar-refractivity contribution in [3.05, 3.63) is 71.4 Å². The van der Waals surface area contributed by atoms with E-state index in [1.165, 1.54) is 11.3 Å². The largest absolute Gasteiger partial charge is 0.444 e. The number of rotatable bonds is 4. The summed E-state index contributed by atoms with van der Waals surface area (Å²) in [6, 6.07) is 18.1. The van der Waals surface area contributed by atoms with Crippen LogP contribution in [0.15, 0.2) is 60.8 Å². The third kappa shape index (κ3) is 5.43. The van der Waals surface area contributed by atoms with E-state index in [1.807, 2.05) is 62.0 Å². The van der Waals surface area contributed by atoms with Crippen molar-refractivity contribution in [1.29, 1.82) is 0 Å². The third-order valence-corrected chi connectivity index (χ3v) is 5.59. The molecule has 0 atom stereocenters. The molecule has 4 rings (SSSR count). The SMILES string of the molecule is CC(C)(C)OC(=O)N1CCN(c2ccccc2Cn2ccc(-c3cccc(Cl)c3)n2)CC1. The Bertz CT molecular complexity index is 1080. The summed E-state index contributed by atoms with van der Waals surface area (Å²) in [5.41, 5.74) is 3.79. The smallest absolute Gasteiger partial charge is 0.410 e. The number of para-hydroxylation sites is 1. The molecule has 7 heteroatoms. The summed E-state index contributed by atoms with van der Waals surface area (Å²) in [4.78, 5) is 16.5. The molecule has 2 aromatic carbocycles. The molecule has 0 saturated carbocycles. The molecule has 1 saturated heterocycles. The normalized spacial score (nSPS) is 14.5. The first-order valence-electron chi connectivity index (χ1n) is 10.9. The highest BCUT2D eigenvalue weighted by molar-refractivity contribution is 6.30. The van der Waals surface area contributed by atoms with E-state index in [1.54, 1.807) is 4.90 Å². The number of nitrogens with zero attached hydrogens (tertiary/aromatic N) is 4. The van der Waals surface area contributed by atoms with Crippen LogP contribution in [0.25, 0.3) is 11.3 Å². The van der Waals surface area contributed by atoms with Crippen LogP contribution in [0.5, 0.6) is 0 Å². The lowest BCUT2D eigenvalue weighted by atomic mass is 10.1. The molecule has 32 heavy (non-hydrogen) atoms. The summed E-state index contributed by atoms with van der Waals surface area (Å²) in [6.45, 7) is 9.17. The number of carbonyl (C=O) groups excluding carboxylic acids is 1. The highest BCUT2D eigenvalue weighted by Crippen LogP contribution is 2.25. The quantitative estimate of drug-likeness (QED) is 0.538. The van der Waals surface area contributed by atoms with Gasteiger partial charge in [-0.05, 0) is 50.6 Å². The topological polar surface area (TPSA) is 50.6 Å². The van der Waals surface area contributed by atoms with Crippen molar-refractivity contribution in [2.45, 2.75) is 32.9 Å². The minimum absolute atomic E-state index is 0.240. The van der Waals surface area contributed by atoms with Crippen LogP contribution in [-0.2, 0) is 11.3 Å². The Balaban J connectivity index is 1.44. The molecule has 0 N–H and O–H groups in total. The number of hydrogen-bond donors (Lipinski definition) is 0. The van der Waals surface area contributed by atoms with E-state index >= 15 is 0 Å². The summed E-state index contributed by atoms with van der Waals surface area (Å²) in [7, 11) is 0. The van der Waals surface area contributed by atoms with Gasteiger partial charge >= 0.3 is 6.09 Å². The highest BCUT2D eigenvalue weighted by atomic mass is 35.5. The van der Waals surface area contributed by atoms with Gasteiger partial charge in [0, 0.05) is 48.6 Å². The second-order valence-electron chi connectivity index (χ2n) is 8.99. The minimum atomic E-state index is -0.478. The first kappa shape index (κ1) is 22.2. The molecule has 1 aliphatic heterocycles. The molecule has 3 aromatic rings. The van der Waals surface area contributed by atoms with Gasteiger partial charge in [0.2, 0.25) is 0 Å². The monoisotopic (exact) mass is 452 g/mol. The van der Waals surface area contributed by atoms with Gasteiger partial charge in [-0.1, -0.05) is 41.9 Å². The number of amides is 1. The van der Waals surface area contributed by atoms with Crippen molar-refractivity contribution < 1.29 is 9.53 Å². The number of carbonyl (C=O) groups is 1. The van der Waals surface area contributed by atoms with Crippen LogP contribution in [0, 0.1) is 0 Å². The Labute approximate surface area is 194 Å². The predicted molar refractivity (Wildman–Crippen MR) is 128 cm³/mol. The summed E-state index contributed by atoms with van der Waals surface area (Å²) in [6.07, 6.45) is 1.75. The molecule has 0 unspecified atom stereocenters. The molecule has 1 fully saturated rings. The molecule has 0 radical (unpaired) electrons. The fourth-order valence-electron chi connectivity index (χ4n) is 3.84. The van der Waals surface area contributed by atoms with Crippen molar-refractivity contribution >= 4 is 23.4 Å². The minimum Gasteiger partial charge on any atom is -0.444 e. The molecule has 168 valence electrons. The lowest BCUT2D eigenvalue weighted by molar-refractivity contribution is 0.0240. The number of benzene rings is 2. The first-order chi connectivity index (χ1) is 15.3. The summed E-state index contributed by atoms with van der Waals surface area (Å²) in [5, 5.41) is 5.44. The van der Waals surface area contributed by atoms with E-state index in [0.717, 1.165) is 24.3 Å². The van der Waals surface area contributed by atoms with E-state index in [-0.39, 0.29) is 6.09 Å². The maximum Gasteiger partial charge on any atom is 0.410 e. The van der Waals surface area contributed by atoms with Gasteiger partial charge < -0.3 is 14.5 Å². The molecule has 0 spiro atoms.